The Labute approximate surface area is 181 Å². The predicted octanol–water partition coefficient (Wildman–Crippen LogP) is 1.34. The highest BCUT2D eigenvalue weighted by atomic mass is 127. The number of ether oxygens (including phenoxy) is 1. The number of guanidine groups is 1. The second-order valence-electron chi connectivity index (χ2n) is 7.69. The summed E-state index contributed by atoms with van der Waals surface area (Å²) in [5, 5.41) is 3.41. The monoisotopic (exact) mass is 495 g/mol. The third-order valence-corrected chi connectivity index (χ3v) is 5.38. The topological polar surface area (TPSA) is 60.4 Å². The molecule has 2 fully saturated rings. The van der Waals surface area contributed by atoms with Crippen LogP contribution in [0.25, 0.3) is 0 Å². The van der Waals surface area contributed by atoms with E-state index in [2.05, 4.69) is 40.9 Å². The molecule has 0 bridgehead atoms. The van der Waals surface area contributed by atoms with Crippen LogP contribution in [-0.4, -0.2) is 99.7 Å². The Morgan fingerprint density at radius 1 is 1.19 bits per heavy atom. The number of likely N-dealkylation sites (N-methyl/N-ethyl adjacent to an activating group) is 1. The standard InChI is InChI=1S/C19H37N5O2.HI/c1-5-20-19(24-8-6-17(7-9-24)18(25)26-4)21-14-16(2)15-23-12-10-22(3)11-13-23;/h16-17H,5-15H2,1-4H3,(H,20,21);1H. The average molecular weight is 495 g/mol. The Balaban J connectivity index is 0.00000364. The summed E-state index contributed by atoms with van der Waals surface area (Å²) in [6.07, 6.45) is 1.68. The van der Waals surface area contributed by atoms with Crippen LogP contribution in [0.2, 0.25) is 0 Å². The molecule has 158 valence electrons. The van der Waals surface area contributed by atoms with Crippen molar-refractivity contribution in [2.24, 2.45) is 16.8 Å². The number of nitrogens with zero attached hydrogens (tertiary/aromatic N) is 4. The molecule has 0 aromatic heterocycles. The Hall–Kier alpha value is -0.610. The van der Waals surface area contributed by atoms with Gasteiger partial charge in [0.15, 0.2) is 5.96 Å². The average Bonchev–Trinajstić information content (AvgIpc) is 2.66. The van der Waals surface area contributed by atoms with Crippen molar-refractivity contribution >= 4 is 35.9 Å². The van der Waals surface area contributed by atoms with E-state index in [1.165, 1.54) is 7.11 Å². The molecular weight excluding hydrogens is 457 g/mol. The Bertz CT molecular complexity index is 461. The van der Waals surface area contributed by atoms with Gasteiger partial charge in [0.25, 0.3) is 0 Å². The molecule has 0 radical (unpaired) electrons. The molecule has 0 spiro atoms. The van der Waals surface area contributed by atoms with E-state index in [1.54, 1.807) is 0 Å². The van der Waals surface area contributed by atoms with Crippen LogP contribution in [0.4, 0.5) is 0 Å². The molecule has 7 nitrogen and oxygen atoms in total. The summed E-state index contributed by atoms with van der Waals surface area (Å²) in [5.41, 5.74) is 0. The predicted molar refractivity (Wildman–Crippen MR) is 121 cm³/mol. The molecular formula is C19H38IN5O2. The maximum absolute atomic E-state index is 11.7. The van der Waals surface area contributed by atoms with Crippen molar-refractivity contribution < 1.29 is 9.53 Å². The third kappa shape index (κ3) is 8.11. The molecule has 1 N–H and O–H groups in total. The number of piperidine rings is 1. The number of hydrogen-bond donors (Lipinski definition) is 1. The van der Waals surface area contributed by atoms with Crippen molar-refractivity contribution in [1.29, 1.82) is 0 Å². The number of piperazine rings is 1. The van der Waals surface area contributed by atoms with Gasteiger partial charge in [-0.15, -0.1) is 24.0 Å². The van der Waals surface area contributed by atoms with E-state index in [4.69, 9.17) is 9.73 Å². The summed E-state index contributed by atoms with van der Waals surface area (Å²) >= 11 is 0. The molecule has 2 heterocycles. The normalized spacial score (nSPS) is 21.5. The van der Waals surface area contributed by atoms with Gasteiger partial charge >= 0.3 is 5.97 Å². The Morgan fingerprint density at radius 3 is 2.37 bits per heavy atom. The van der Waals surface area contributed by atoms with Gasteiger partial charge in [-0.3, -0.25) is 9.79 Å². The number of likely N-dealkylation sites (tertiary alicyclic amines) is 1. The van der Waals surface area contributed by atoms with Gasteiger partial charge in [-0.25, -0.2) is 0 Å². The molecule has 0 aromatic carbocycles. The highest BCUT2D eigenvalue weighted by Crippen LogP contribution is 2.18. The zero-order valence-electron chi connectivity index (χ0n) is 17.4. The van der Waals surface area contributed by atoms with Crippen LogP contribution >= 0.6 is 24.0 Å². The lowest BCUT2D eigenvalue weighted by Crippen LogP contribution is -2.47. The van der Waals surface area contributed by atoms with Gasteiger partial charge in [0.2, 0.25) is 0 Å². The first-order valence-electron chi connectivity index (χ1n) is 10.1. The minimum atomic E-state index is -0.0765. The molecule has 2 rings (SSSR count). The van der Waals surface area contributed by atoms with E-state index in [0.29, 0.717) is 5.92 Å². The van der Waals surface area contributed by atoms with Crippen LogP contribution in [0.5, 0.6) is 0 Å². The number of rotatable bonds is 6. The molecule has 2 aliphatic heterocycles. The van der Waals surface area contributed by atoms with Crippen LogP contribution in [0.3, 0.4) is 0 Å². The number of nitrogens with one attached hydrogen (secondary N) is 1. The van der Waals surface area contributed by atoms with Crippen molar-refractivity contribution in [2.75, 3.05) is 73.1 Å². The quantitative estimate of drug-likeness (QED) is 0.260. The van der Waals surface area contributed by atoms with Crippen LogP contribution in [-0.2, 0) is 9.53 Å². The first kappa shape index (κ1) is 24.4. The van der Waals surface area contributed by atoms with E-state index in [1.807, 2.05) is 0 Å². The van der Waals surface area contributed by atoms with E-state index < -0.39 is 0 Å². The van der Waals surface area contributed by atoms with Gasteiger partial charge < -0.3 is 24.8 Å². The van der Waals surface area contributed by atoms with E-state index >= 15 is 0 Å². The molecule has 27 heavy (non-hydrogen) atoms. The van der Waals surface area contributed by atoms with Crippen LogP contribution in [0, 0.1) is 11.8 Å². The number of halogens is 1. The van der Waals surface area contributed by atoms with Crippen LogP contribution in [0.1, 0.15) is 26.7 Å². The molecule has 0 aliphatic carbocycles. The second kappa shape index (κ2) is 12.8. The van der Waals surface area contributed by atoms with Crippen molar-refractivity contribution in [1.82, 2.24) is 20.0 Å². The van der Waals surface area contributed by atoms with Gasteiger partial charge in [-0.1, -0.05) is 6.92 Å². The summed E-state index contributed by atoms with van der Waals surface area (Å²) < 4.78 is 4.88. The summed E-state index contributed by atoms with van der Waals surface area (Å²) in [5.74, 6) is 1.49. The first-order chi connectivity index (χ1) is 12.5. The summed E-state index contributed by atoms with van der Waals surface area (Å²) in [6.45, 7) is 13.6. The smallest absolute Gasteiger partial charge is 0.308 e. The zero-order chi connectivity index (χ0) is 18.9. The fraction of sp³-hybridized carbons (Fsp3) is 0.895. The minimum Gasteiger partial charge on any atom is -0.469 e. The van der Waals surface area contributed by atoms with Gasteiger partial charge in [-0.2, -0.15) is 0 Å². The van der Waals surface area contributed by atoms with Crippen molar-refractivity contribution in [3.8, 4) is 0 Å². The Morgan fingerprint density at radius 2 is 1.81 bits per heavy atom. The van der Waals surface area contributed by atoms with Gasteiger partial charge in [-0.05, 0) is 32.7 Å². The summed E-state index contributed by atoms with van der Waals surface area (Å²) in [7, 11) is 3.67. The number of esters is 1. The summed E-state index contributed by atoms with van der Waals surface area (Å²) in [4.78, 5) is 23.8. The maximum atomic E-state index is 11.7. The van der Waals surface area contributed by atoms with Crippen molar-refractivity contribution in [3.05, 3.63) is 0 Å². The van der Waals surface area contributed by atoms with E-state index in [0.717, 1.165) is 77.7 Å². The SMILES string of the molecule is CCNC(=NCC(C)CN1CCN(C)CC1)N1CCC(C(=O)OC)CC1.I. The molecule has 1 unspecified atom stereocenters. The van der Waals surface area contributed by atoms with E-state index in [9.17, 15) is 4.79 Å². The number of methoxy groups -OCH3 is 1. The van der Waals surface area contributed by atoms with E-state index in [-0.39, 0.29) is 35.9 Å². The van der Waals surface area contributed by atoms with Crippen LogP contribution < -0.4 is 5.32 Å². The van der Waals surface area contributed by atoms with Gasteiger partial charge in [0.1, 0.15) is 0 Å². The second-order valence-corrected chi connectivity index (χ2v) is 7.69. The van der Waals surface area contributed by atoms with Crippen molar-refractivity contribution in [2.45, 2.75) is 26.7 Å². The lowest BCUT2D eigenvalue weighted by Gasteiger charge is -2.34. The molecule has 2 aliphatic rings. The molecule has 2 saturated heterocycles. The molecule has 0 amide bonds. The summed E-state index contributed by atoms with van der Waals surface area (Å²) in [6, 6.07) is 0. The highest BCUT2D eigenvalue weighted by Gasteiger charge is 2.27. The fourth-order valence-electron chi connectivity index (χ4n) is 3.69. The number of carbonyl (C=O) groups excluding carboxylic acids is 1. The lowest BCUT2D eigenvalue weighted by molar-refractivity contribution is -0.146. The largest absolute Gasteiger partial charge is 0.469 e. The third-order valence-electron chi connectivity index (χ3n) is 5.38. The molecule has 0 aromatic rings. The first-order valence-corrected chi connectivity index (χ1v) is 10.1. The van der Waals surface area contributed by atoms with Crippen molar-refractivity contribution in [3.63, 3.8) is 0 Å². The van der Waals surface area contributed by atoms with Crippen LogP contribution in [0.15, 0.2) is 4.99 Å². The maximum Gasteiger partial charge on any atom is 0.308 e. The Kier molecular flexibility index (Phi) is 11.6. The molecule has 1 atom stereocenters. The minimum absolute atomic E-state index is 0. The zero-order valence-corrected chi connectivity index (χ0v) is 19.8. The van der Waals surface area contributed by atoms with Gasteiger partial charge in [0, 0.05) is 58.9 Å². The fourth-order valence-corrected chi connectivity index (χ4v) is 3.69. The number of aliphatic imine (C=N–C) groups is 1. The lowest BCUT2D eigenvalue weighted by atomic mass is 9.97. The number of carbonyl (C=O) groups is 1. The van der Waals surface area contributed by atoms with Gasteiger partial charge in [0.05, 0.1) is 13.0 Å². The number of hydrogen-bond acceptors (Lipinski definition) is 5. The molecule has 0 saturated carbocycles. The molecule has 8 heteroatoms. The highest BCUT2D eigenvalue weighted by molar-refractivity contribution is 14.0.